The van der Waals surface area contributed by atoms with Crippen molar-refractivity contribution in [2.75, 3.05) is 0 Å². The quantitative estimate of drug-likeness (QED) is 0.683. The van der Waals surface area contributed by atoms with Crippen LogP contribution in [0.4, 0.5) is 0 Å². The molecule has 1 aliphatic rings. The molecule has 1 rings (SSSR count). The SMILES string of the molecule is CC(C)(SC1CC1)C(=O)O. The van der Waals surface area contributed by atoms with Crippen molar-refractivity contribution < 1.29 is 9.90 Å². The summed E-state index contributed by atoms with van der Waals surface area (Å²) in [6.45, 7) is 3.52. The second-order valence-corrected chi connectivity index (χ2v) is 5.06. The second-order valence-electron chi connectivity index (χ2n) is 3.13. The van der Waals surface area contributed by atoms with Crippen molar-refractivity contribution in [3.63, 3.8) is 0 Å². The third-order valence-electron chi connectivity index (χ3n) is 1.50. The van der Waals surface area contributed by atoms with Gasteiger partial charge in [-0.1, -0.05) is 0 Å². The minimum absolute atomic E-state index is 0.582. The van der Waals surface area contributed by atoms with E-state index in [1.54, 1.807) is 25.6 Å². The van der Waals surface area contributed by atoms with Crippen LogP contribution in [0.25, 0.3) is 0 Å². The summed E-state index contributed by atoms with van der Waals surface area (Å²) in [6, 6.07) is 0. The number of hydrogen-bond acceptors (Lipinski definition) is 2. The van der Waals surface area contributed by atoms with Crippen molar-refractivity contribution >= 4 is 17.7 Å². The van der Waals surface area contributed by atoms with Crippen LogP contribution in [-0.4, -0.2) is 21.1 Å². The number of carbonyl (C=O) groups is 1. The Bertz CT molecular complexity index is 150. The Morgan fingerprint density at radius 1 is 1.60 bits per heavy atom. The van der Waals surface area contributed by atoms with Crippen molar-refractivity contribution in [1.82, 2.24) is 0 Å². The van der Waals surface area contributed by atoms with Crippen molar-refractivity contribution in [2.45, 2.75) is 36.7 Å². The minimum Gasteiger partial charge on any atom is -0.480 e. The highest BCUT2D eigenvalue weighted by Gasteiger charge is 2.35. The molecule has 1 N–H and O–H groups in total. The Morgan fingerprint density at radius 3 is 2.40 bits per heavy atom. The molecule has 1 aliphatic carbocycles. The van der Waals surface area contributed by atoms with Gasteiger partial charge >= 0.3 is 5.97 Å². The molecule has 0 radical (unpaired) electrons. The average molecular weight is 160 g/mol. The molecule has 0 spiro atoms. The van der Waals surface area contributed by atoms with Gasteiger partial charge < -0.3 is 5.11 Å². The molecular weight excluding hydrogens is 148 g/mol. The number of rotatable bonds is 3. The first-order valence-electron chi connectivity index (χ1n) is 3.43. The lowest BCUT2D eigenvalue weighted by molar-refractivity contribution is -0.138. The summed E-state index contributed by atoms with van der Waals surface area (Å²) in [5.74, 6) is -0.704. The van der Waals surface area contributed by atoms with E-state index in [1.807, 2.05) is 0 Å². The predicted molar refractivity (Wildman–Crippen MR) is 42.3 cm³/mol. The molecule has 0 aromatic heterocycles. The summed E-state index contributed by atoms with van der Waals surface area (Å²) < 4.78 is -0.582. The number of thioether (sulfide) groups is 1. The van der Waals surface area contributed by atoms with E-state index in [-0.39, 0.29) is 0 Å². The van der Waals surface area contributed by atoms with Gasteiger partial charge in [-0.2, -0.15) is 0 Å². The fourth-order valence-electron chi connectivity index (χ4n) is 0.653. The molecule has 0 atom stereocenters. The molecule has 58 valence electrons. The highest BCUT2D eigenvalue weighted by molar-refractivity contribution is 8.02. The average Bonchev–Trinajstić information content (AvgIpc) is 2.48. The maximum absolute atomic E-state index is 10.6. The Balaban J connectivity index is 2.40. The van der Waals surface area contributed by atoms with Crippen LogP contribution < -0.4 is 0 Å². The van der Waals surface area contributed by atoms with Gasteiger partial charge in [0.25, 0.3) is 0 Å². The standard InChI is InChI=1S/C7H12O2S/c1-7(2,6(8)9)10-5-3-4-5/h5H,3-4H2,1-2H3,(H,8,9). The zero-order valence-electron chi connectivity index (χ0n) is 6.26. The molecule has 0 aliphatic heterocycles. The van der Waals surface area contributed by atoms with E-state index in [1.165, 1.54) is 12.8 Å². The van der Waals surface area contributed by atoms with Crippen LogP contribution in [0.2, 0.25) is 0 Å². The van der Waals surface area contributed by atoms with E-state index in [2.05, 4.69) is 0 Å². The Morgan fingerprint density at radius 2 is 2.10 bits per heavy atom. The lowest BCUT2D eigenvalue weighted by Crippen LogP contribution is -2.27. The first-order valence-corrected chi connectivity index (χ1v) is 4.31. The summed E-state index contributed by atoms with van der Waals surface area (Å²) in [7, 11) is 0. The number of carboxylic acids is 1. The van der Waals surface area contributed by atoms with Gasteiger partial charge in [0.15, 0.2) is 0 Å². The van der Waals surface area contributed by atoms with Crippen LogP contribution in [0.1, 0.15) is 26.7 Å². The van der Waals surface area contributed by atoms with Gasteiger partial charge in [-0.3, -0.25) is 4.79 Å². The van der Waals surface area contributed by atoms with E-state index >= 15 is 0 Å². The van der Waals surface area contributed by atoms with Crippen LogP contribution in [0, 0.1) is 0 Å². The smallest absolute Gasteiger partial charge is 0.319 e. The van der Waals surface area contributed by atoms with Crippen molar-refractivity contribution in [1.29, 1.82) is 0 Å². The maximum atomic E-state index is 10.6. The molecule has 0 amide bonds. The normalized spacial score (nSPS) is 19.0. The molecular formula is C7H12O2S. The molecule has 2 nitrogen and oxygen atoms in total. The van der Waals surface area contributed by atoms with Gasteiger partial charge in [0.05, 0.1) is 0 Å². The molecule has 1 saturated carbocycles. The van der Waals surface area contributed by atoms with Crippen LogP contribution in [0.3, 0.4) is 0 Å². The molecule has 0 aromatic carbocycles. The molecule has 0 unspecified atom stereocenters. The number of aliphatic carboxylic acids is 1. The van der Waals surface area contributed by atoms with E-state index in [9.17, 15) is 4.79 Å². The Labute approximate surface area is 65.0 Å². The summed E-state index contributed by atoms with van der Waals surface area (Å²) in [6.07, 6.45) is 2.39. The van der Waals surface area contributed by atoms with Gasteiger partial charge in [-0.25, -0.2) is 0 Å². The van der Waals surface area contributed by atoms with Crippen LogP contribution in [-0.2, 0) is 4.79 Å². The van der Waals surface area contributed by atoms with Gasteiger partial charge in [0, 0.05) is 5.25 Å². The van der Waals surface area contributed by atoms with Crippen molar-refractivity contribution in [3.05, 3.63) is 0 Å². The van der Waals surface area contributed by atoms with Crippen LogP contribution in [0.5, 0.6) is 0 Å². The van der Waals surface area contributed by atoms with E-state index in [4.69, 9.17) is 5.11 Å². The number of carboxylic acid groups (broad SMARTS) is 1. The van der Waals surface area contributed by atoms with Crippen LogP contribution >= 0.6 is 11.8 Å². The summed E-state index contributed by atoms with van der Waals surface area (Å²) in [5.41, 5.74) is 0. The molecule has 10 heavy (non-hydrogen) atoms. The topological polar surface area (TPSA) is 37.3 Å². The molecule has 0 aromatic rings. The molecule has 0 saturated heterocycles. The van der Waals surface area contributed by atoms with E-state index in [0.717, 1.165) is 0 Å². The molecule has 0 bridgehead atoms. The summed E-state index contributed by atoms with van der Waals surface area (Å²) in [5, 5.41) is 9.31. The lowest BCUT2D eigenvalue weighted by Gasteiger charge is -2.17. The largest absolute Gasteiger partial charge is 0.480 e. The highest BCUT2D eigenvalue weighted by Crippen LogP contribution is 2.41. The summed E-state index contributed by atoms with van der Waals surface area (Å²) in [4.78, 5) is 10.6. The first kappa shape index (κ1) is 7.92. The second kappa shape index (κ2) is 2.46. The van der Waals surface area contributed by atoms with Gasteiger partial charge in [0.1, 0.15) is 4.75 Å². The lowest BCUT2D eigenvalue weighted by atomic mass is 10.2. The fourth-order valence-corrected chi connectivity index (χ4v) is 1.96. The minimum atomic E-state index is -0.704. The zero-order valence-corrected chi connectivity index (χ0v) is 7.07. The highest BCUT2D eigenvalue weighted by atomic mass is 32.2. The third-order valence-corrected chi connectivity index (χ3v) is 3.07. The Kier molecular flexibility index (Phi) is 1.95. The fraction of sp³-hybridized carbons (Fsp3) is 0.857. The predicted octanol–water partition coefficient (Wildman–Crippen LogP) is 1.75. The Hall–Kier alpha value is -0.180. The van der Waals surface area contributed by atoms with Crippen molar-refractivity contribution in [2.24, 2.45) is 0 Å². The molecule has 1 fully saturated rings. The van der Waals surface area contributed by atoms with E-state index < -0.39 is 10.7 Å². The van der Waals surface area contributed by atoms with Gasteiger partial charge in [-0.05, 0) is 26.7 Å². The van der Waals surface area contributed by atoms with Gasteiger partial charge in [-0.15, -0.1) is 11.8 Å². The molecule has 3 heteroatoms. The summed E-state index contributed by atoms with van der Waals surface area (Å²) >= 11 is 1.58. The molecule has 0 heterocycles. The monoisotopic (exact) mass is 160 g/mol. The van der Waals surface area contributed by atoms with Gasteiger partial charge in [0.2, 0.25) is 0 Å². The van der Waals surface area contributed by atoms with E-state index in [0.29, 0.717) is 5.25 Å². The number of hydrogen-bond donors (Lipinski definition) is 1. The van der Waals surface area contributed by atoms with Crippen molar-refractivity contribution in [3.8, 4) is 0 Å². The maximum Gasteiger partial charge on any atom is 0.319 e. The third kappa shape index (κ3) is 1.90. The zero-order chi connectivity index (χ0) is 7.78. The van der Waals surface area contributed by atoms with Crippen LogP contribution in [0.15, 0.2) is 0 Å². The first-order chi connectivity index (χ1) is 4.52.